The molecule has 3 N–H and O–H groups in total. The first kappa shape index (κ1) is 16.8. The number of nitrogens with one attached hydrogen (secondary N) is 2. The average molecular weight is 315 g/mol. The van der Waals surface area contributed by atoms with Gasteiger partial charge in [-0.2, -0.15) is 5.48 Å². The SMILES string of the molecule is O=C(O)CCCCC(=O)ONC(=O)Nc1cccc(Cl)c1. The molecule has 1 rings (SSSR count). The van der Waals surface area contributed by atoms with Gasteiger partial charge in [-0.3, -0.25) is 4.79 Å². The number of carbonyl (C=O) groups is 3. The van der Waals surface area contributed by atoms with Crippen molar-refractivity contribution in [1.82, 2.24) is 5.48 Å². The van der Waals surface area contributed by atoms with Crippen LogP contribution in [0.5, 0.6) is 0 Å². The van der Waals surface area contributed by atoms with Gasteiger partial charge in [0.1, 0.15) is 0 Å². The molecule has 0 saturated carbocycles. The first-order valence-electron chi connectivity index (χ1n) is 6.21. The lowest BCUT2D eigenvalue weighted by atomic mass is 10.2. The molecule has 0 aromatic heterocycles. The van der Waals surface area contributed by atoms with Crippen molar-refractivity contribution in [1.29, 1.82) is 0 Å². The van der Waals surface area contributed by atoms with Gasteiger partial charge in [0.25, 0.3) is 0 Å². The molecular weight excluding hydrogens is 300 g/mol. The van der Waals surface area contributed by atoms with E-state index in [1.807, 2.05) is 5.48 Å². The Morgan fingerprint density at radius 3 is 2.57 bits per heavy atom. The number of carbonyl (C=O) groups excluding carboxylic acids is 2. The second kappa shape index (κ2) is 8.80. The first-order chi connectivity index (χ1) is 9.97. The number of anilines is 1. The van der Waals surface area contributed by atoms with E-state index < -0.39 is 18.0 Å². The number of hydroxylamine groups is 1. The van der Waals surface area contributed by atoms with E-state index in [9.17, 15) is 14.4 Å². The molecule has 1 aromatic carbocycles. The van der Waals surface area contributed by atoms with Crippen LogP contribution >= 0.6 is 11.6 Å². The summed E-state index contributed by atoms with van der Waals surface area (Å²) in [5, 5.41) is 11.3. The number of amides is 2. The molecule has 0 bridgehead atoms. The Kier molecular flexibility index (Phi) is 7.03. The second-order valence-electron chi connectivity index (χ2n) is 4.14. The van der Waals surface area contributed by atoms with Crippen molar-refractivity contribution >= 4 is 35.3 Å². The van der Waals surface area contributed by atoms with Crippen molar-refractivity contribution in [2.24, 2.45) is 0 Å². The second-order valence-corrected chi connectivity index (χ2v) is 4.58. The van der Waals surface area contributed by atoms with Gasteiger partial charge >= 0.3 is 18.0 Å². The summed E-state index contributed by atoms with van der Waals surface area (Å²) in [5.41, 5.74) is 2.40. The maximum Gasteiger partial charge on any atom is 0.352 e. The normalized spacial score (nSPS) is 9.76. The molecule has 0 radical (unpaired) electrons. The molecule has 0 aliphatic heterocycles. The number of hydrogen-bond donors (Lipinski definition) is 3. The summed E-state index contributed by atoms with van der Waals surface area (Å²) in [6, 6.07) is 5.76. The standard InChI is InChI=1S/C13H15ClN2O5/c14-9-4-3-5-10(8-9)15-13(20)16-21-12(19)7-2-1-6-11(17)18/h3-5,8H,1-2,6-7H2,(H,17,18)(H2,15,16,20). The lowest BCUT2D eigenvalue weighted by molar-refractivity contribution is -0.149. The van der Waals surface area contributed by atoms with Crippen molar-refractivity contribution in [3.63, 3.8) is 0 Å². The Morgan fingerprint density at radius 2 is 1.90 bits per heavy atom. The number of benzene rings is 1. The lowest BCUT2D eigenvalue weighted by Gasteiger charge is -2.07. The average Bonchev–Trinajstić information content (AvgIpc) is 2.41. The van der Waals surface area contributed by atoms with Crippen LogP contribution in [0.4, 0.5) is 10.5 Å². The Labute approximate surface area is 126 Å². The van der Waals surface area contributed by atoms with Crippen LogP contribution in [0.25, 0.3) is 0 Å². The first-order valence-corrected chi connectivity index (χ1v) is 6.59. The third-order valence-corrected chi connectivity index (χ3v) is 2.60. The topological polar surface area (TPSA) is 105 Å². The number of rotatable bonds is 6. The number of urea groups is 1. The molecule has 2 amide bonds. The van der Waals surface area contributed by atoms with E-state index in [1.54, 1.807) is 18.2 Å². The van der Waals surface area contributed by atoms with Crippen LogP contribution in [-0.2, 0) is 14.4 Å². The lowest BCUT2D eigenvalue weighted by Crippen LogP contribution is -2.31. The Morgan fingerprint density at radius 1 is 1.19 bits per heavy atom. The highest BCUT2D eigenvalue weighted by Crippen LogP contribution is 2.14. The Hall–Kier alpha value is -2.28. The van der Waals surface area contributed by atoms with Crippen molar-refractivity contribution in [2.45, 2.75) is 25.7 Å². The third-order valence-electron chi connectivity index (χ3n) is 2.36. The fourth-order valence-electron chi connectivity index (χ4n) is 1.42. The summed E-state index contributed by atoms with van der Waals surface area (Å²) in [4.78, 5) is 37.5. The number of aliphatic carboxylic acids is 1. The summed E-state index contributed by atoms with van der Waals surface area (Å²) in [6.45, 7) is 0. The highest BCUT2D eigenvalue weighted by molar-refractivity contribution is 6.30. The molecule has 7 nitrogen and oxygen atoms in total. The molecule has 0 fully saturated rings. The Bertz CT molecular complexity index is 521. The molecule has 0 unspecified atom stereocenters. The molecule has 0 atom stereocenters. The van der Waals surface area contributed by atoms with E-state index in [0.29, 0.717) is 23.6 Å². The molecule has 21 heavy (non-hydrogen) atoms. The summed E-state index contributed by atoms with van der Waals surface area (Å²) < 4.78 is 0. The molecule has 0 aliphatic carbocycles. The minimum Gasteiger partial charge on any atom is -0.481 e. The largest absolute Gasteiger partial charge is 0.481 e. The fraction of sp³-hybridized carbons (Fsp3) is 0.308. The van der Waals surface area contributed by atoms with Gasteiger partial charge < -0.3 is 15.3 Å². The predicted molar refractivity (Wildman–Crippen MR) is 75.8 cm³/mol. The third kappa shape index (κ3) is 7.78. The van der Waals surface area contributed by atoms with Crippen LogP contribution in [0.1, 0.15) is 25.7 Å². The summed E-state index contributed by atoms with van der Waals surface area (Å²) in [5.74, 6) is -1.55. The minimum atomic E-state index is -0.914. The van der Waals surface area contributed by atoms with Gasteiger partial charge in [0.05, 0.1) is 0 Å². The highest BCUT2D eigenvalue weighted by atomic mass is 35.5. The van der Waals surface area contributed by atoms with Crippen LogP contribution in [0.15, 0.2) is 24.3 Å². The molecule has 8 heteroatoms. The molecule has 0 saturated heterocycles. The van der Waals surface area contributed by atoms with Gasteiger partial charge in [0.2, 0.25) is 0 Å². The van der Waals surface area contributed by atoms with Gasteiger partial charge in [0, 0.05) is 23.6 Å². The number of hydrogen-bond acceptors (Lipinski definition) is 4. The molecular formula is C13H15ClN2O5. The van der Waals surface area contributed by atoms with Crippen LogP contribution in [0.2, 0.25) is 5.02 Å². The number of carboxylic acid groups (broad SMARTS) is 1. The zero-order chi connectivity index (χ0) is 15.7. The quantitative estimate of drug-likeness (QED) is 0.553. The van der Waals surface area contributed by atoms with Crippen LogP contribution < -0.4 is 10.8 Å². The Balaban J connectivity index is 2.20. The van der Waals surface area contributed by atoms with Gasteiger partial charge in [-0.05, 0) is 31.0 Å². The van der Waals surface area contributed by atoms with Crippen LogP contribution in [-0.4, -0.2) is 23.1 Å². The molecule has 0 spiro atoms. The number of halogens is 1. The maximum atomic E-state index is 11.4. The van der Waals surface area contributed by atoms with Crippen molar-refractivity contribution < 1.29 is 24.3 Å². The molecule has 0 aliphatic rings. The number of unbranched alkanes of at least 4 members (excludes halogenated alkanes) is 1. The van der Waals surface area contributed by atoms with E-state index in [4.69, 9.17) is 16.7 Å². The molecule has 1 aromatic rings. The predicted octanol–water partition coefficient (Wildman–Crippen LogP) is 2.56. The van der Waals surface area contributed by atoms with E-state index >= 15 is 0 Å². The van der Waals surface area contributed by atoms with Crippen LogP contribution in [0.3, 0.4) is 0 Å². The van der Waals surface area contributed by atoms with Crippen molar-refractivity contribution in [2.75, 3.05) is 5.32 Å². The molecule has 114 valence electrons. The summed E-state index contributed by atoms with van der Waals surface area (Å²) in [6.07, 6.45) is 0.780. The minimum absolute atomic E-state index is 0.00401. The van der Waals surface area contributed by atoms with Gasteiger partial charge in [-0.15, -0.1) is 0 Å². The van der Waals surface area contributed by atoms with Gasteiger partial charge in [-0.25, -0.2) is 9.59 Å². The zero-order valence-electron chi connectivity index (χ0n) is 11.1. The van der Waals surface area contributed by atoms with E-state index in [1.165, 1.54) is 6.07 Å². The molecule has 0 heterocycles. The van der Waals surface area contributed by atoms with Crippen molar-refractivity contribution in [3.05, 3.63) is 29.3 Å². The highest BCUT2D eigenvalue weighted by Gasteiger charge is 2.07. The number of carboxylic acids is 1. The van der Waals surface area contributed by atoms with Gasteiger partial charge in [-0.1, -0.05) is 17.7 Å². The van der Waals surface area contributed by atoms with Crippen LogP contribution in [0, 0.1) is 0 Å². The van der Waals surface area contributed by atoms with E-state index in [-0.39, 0.29) is 12.8 Å². The summed E-state index contributed by atoms with van der Waals surface area (Å²) >= 11 is 5.75. The van der Waals surface area contributed by atoms with E-state index in [0.717, 1.165) is 0 Å². The smallest absolute Gasteiger partial charge is 0.352 e. The monoisotopic (exact) mass is 314 g/mol. The van der Waals surface area contributed by atoms with Crippen molar-refractivity contribution in [3.8, 4) is 0 Å². The zero-order valence-corrected chi connectivity index (χ0v) is 11.9. The van der Waals surface area contributed by atoms with E-state index in [2.05, 4.69) is 10.2 Å². The van der Waals surface area contributed by atoms with Gasteiger partial charge in [0.15, 0.2) is 0 Å². The summed E-state index contributed by atoms with van der Waals surface area (Å²) in [7, 11) is 0. The maximum absolute atomic E-state index is 11.4. The fourth-order valence-corrected chi connectivity index (χ4v) is 1.61.